The molecule has 0 bridgehead atoms. The number of amides is 1. The minimum atomic E-state index is -0.221. The number of carbonyl (C=O) groups excluding carboxylic acids is 1. The molecule has 2 heterocycles. The first-order chi connectivity index (χ1) is 13.4. The summed E-state index contributed by atoms with van der Waals surface area (Å²) in [6.45, 7) is 11.0. The Morgan fingerprint density at radius 2 is 1.96 bits per heavy atom. The summed E-state index contributed by atoms with van der Waals surface area (Å²) in [4.78, 5) is 12.5. The van der Waals surface area contributed by atoms with Gasteiger partial charge in [-0.25, -0.2) is 4.68 Å². The number of nitrogens with one attached hydrogen (secondary N) is 1. The molecular weight excluding hydrogens is 354 g/mol. The summed E-state index contributed by atoms with van der Waals surface area (Å²) in [6, 6.07) is 7.61. The molecule has 1 amide bonds. The van der Waals surface area contributed by atoms with Crippen LogP contribution in [0.1, 0.15) is 52.8 Å². The normalized spacial score (nSPS) is 12.0. The van der Waals surface area contributed by atoms with Crippen molar-refractivity contribution in [1.82, 2.24) is 24.9 Å². The van der Waals surface area contributed by atoms with Crippen LogP contribution in [-0.2, 0) is 13.3 Å². The van der Waals surface area contributed by atoms with Gasteiger partial charge in [0.05, 0.1) is 11.7 Å². The van der Waals surface area contributed by atoms with Gasteiger partial charge in [-0.15, -0.1) is 0 Å². The van der Waals surface area contributed by atoms with Crippen molar-refractivity contribution in [3.8, 4) is 5.75 Å². The van der Waals surface area contributed by atoms with Crippen molar-refractivity contribution in [2.45, 2.75) is 53.9 Å². The number of ether oxygens (including phenoxy) is 1. The molecule has 1 unspecified atom stereocenters. The predicted molar refractivity (Wildman–Crippen MR) is 107 cm³/mol. The predicted octanol–water partition coefficient (Wildman–Crippen LogP) is 3.55. The molecule has 28 heavy (non-hydrogen) atoms. The minimum absolute atomic E-state index is 0.149. The molecule has 7 nitrogen and oxygen atoms in total. The highest BCUT2D eigenvalue weighted by molar-refractivity contribution is 5.92. The first-order valence-electron chi connectivity index (χ1n) is 9.45. The van der Waals surface area contributed by atoms with E-state index in [1.165, 1.54) is 0 Å². The molecule has 0 spiro atoms. The Hall–Kier alpha value is -3.09. The lowest BCUT2D eigenvalue weighted by molar-refractivity contribution is 0.0932. The highest BCUT2D eigenvalue weighted by Gasteiger charge is 2.17. The third kappa shape index (κ3) is 4.42. The van der Waals surface area contributed by atoms with Gasteiger partial charge >= 0.3 is 0 Å². The topological polar surface area (TPSA) is 74.0 Å². The molecule has 7 heteroatoms. The zero-order chi connectivity index (χ0) is 20.3. The number of benzene rings is 1. The van der Waals surface area contributed by atoms with Crippen LogP contribution in [-0.4, -0.2) is 25.5 Å². The van der Waals surface area contributed by atoms with Gasteiger partial charge in [-0.3, -0.25) is 9.48 Å². The molecule has 148 valence electrons. The zero-order valence-electron chi connectivity index (χ0n) is 17.1. The van der Waals surface area contributed by atoms with E-state index in [4.69, 9.17) is 4.74 Å². The first-order valence-corrected chi connectivity index (χ1v) is 9.45. The minimum Gasteiger partial charge on any atom is -0.471 e. The molecule has 1 N–H and O–H groups in total. The summed E-state index contributed by atoms with van der Waals surface area (Å²) in [6.07, 6.45) is 3.71. The number of rotatable bonds is 7. The van der Waals surface area contributed by atoms with Crippen molar-refractivity contribution in [2.24, 2.45) is 0 Å². The molecule has 0 saturated heterocycles. The Labute approximate surface area is 165 Å². The first kappa shape index (κ1) is 19.7. The fourth-order valence-corrected chi connectivity index (χ4v) is 3.02. The second kappa shape index (κ2) is 8.29. The number of aryl methyl sites for hydroxylation is 4. The summed E-state index contributed by atoms with van der Waals surface area (Å²) >= 11 is 0. The maximum absolute atomic E-state index is 12.5. The second-order valence-corrected chi connectivity index (χ2v) is 7.00. The summed E-state index contributed by atoms with van der Waals surface area (Å²) < 4.78 is 9.32. The fourth-order valence-electron chi connectivity index (χ4n) is 3.02. The molecule has 2 aromatic heterocycles. The fraction of sp³-hybridized carbons (Fsp3) is 0.381. The van der Waals surface area contributed by atoms with E-state index >= 15 is 0 Å². The van der Waals surface area contributed by atoms with E-state index < -0.39 is 0 Å². The summed E-state index contributed by atoms with van der Waals surface area (Å²) in [7, 11) is 0. The molecule has 0 saturated carbocycles. The molecule has 0 aliphatic carbocycles. The summed E-state index contributed by atoms with van der Waals surface area (Å²) in [5.74, 6) is 0.597. The number of aromatic nitrogens is 4. The van der Waals surface area contributed by atoms with Gasteiger partial charge in [0.2, 0.25) is 0 Å². The number of carbonyl (C=O) groups is 1. The number of nitrogens with zero attached hydrogens (tertiary/aromatic N) is 4. The van der Waals surface area contributed by atoms with Crippen molar-refractivity contribution >= 4 is 5.91 Å². The third-order valence-corrected chi connectivity index (χ3v) is 4.69. The van der Waals surface area contributed by atoms with E-state index in [-0.39, 0.29) is 18.7 Å². The highest BCUT2D eigenvalue weighted by Crippen LogP contribution is 2.20. The van der Waals surface area contributed by atoms with Gasteiger partial charge in [0.25, 0.3) is 5.91 Å². The van der Waals surface area contributed by atoms with Crippen LogP contribution in [0.25, 0.3) is 0 Å². The zero-order valence-corrected chi connectivity index (χ0v) is 17.1. The molecule has 1 aromatic carbocycles. The van der Waals surface area contributed by atoms with E-state index in [1.54, 1.807) is 16.9 Å². The Morgan fingerprint density at radius 3 is 2.68 bits per heavy atom. The van der Waals surface area contributed by atoms with Gasteiger partial charge in [-0.2, -0.15) is 10.2 Å². The standard InChI is InChI=1S/C21H27N5O2/c1-6-25-12-18(17(5)23-25)16(4)22-21(27)19-9-10-26(24-19)13-28-20-11-14(2)7-8-15(20)3/h7-12,16H,6,13H2,1-5H3,(H,22,27). The van der Waals surface area contributed by atoms with E-state index in [2.05, 4.69) is 15.5 Å². The quantitative estimate of drug-likeness (QED) is 0.679. The van der Waals surface area contributed by atoms with Crippen molar-refractivity contribution in [2.75, 3.05) is 0 Å². The Kier molecular flexibility index (Phi) is 5.82. The molecule has 3 aromatic rings. The van der Waals surface area contributed by atoms with E-state index in [0.29, 0.717) is 5.69 Å². The molecule has 0 aliphatic rings. The largest absolute Gasteiger partial charge is 0.471 e. The average Bonchev–Trinajstić information content (AvgIpc) is 3.29. The number of hydrogen-bond donors (Lipinski definition) is 1. The van der Waals surface area contributed by atoms with E-state index in [9.17, 15) is 4.79 Å². The molecule has 0 fully saturated rings. The molecule has 0 radical (unpaired) electrons. The average molecular weight is 381 g/mol. The van der Waals surface area contributed by atoms with Crippen LogP contribution >= 0.6 is 0 Å². The van der Waals surface area contributed by atoms with Crippen LogP contribution in [0.5, 0.6) is 5.75 Å². The van der Waals surface area contributed by atoms with Crippen molar-refractivity contribution in [3.63, 3.8) is 0 Å². The lowest BCUT2D eigenvalue weighted by Gasteiger charge is -2.12. The van der Waals surface area contributed by atoms with Gasteiger partial charge in [-0.1, -0.05) is 12.1 Å². The lowest BCUT2D eigenvalue weighted by Crippen LogP contribution is -2.27. The van der Waals surface area contributed by atoms with E-state index in [0.717, 1.165) is 34.7 Å². The molecule has 1 atom stereocenters. The van der Waals surface area contributed by atoms with Crippen LogP contribution in [0.2, 0.25) is 0 Å². The van der Waals surface area contributed by atoms with Crippen LogP contribution in [0, 0.1) is 20.8 Å². The van der Waals surface area contributed by atoms with Gasteiger partial charge in [0, 0.05) is 24.5 Å². The smallest absolute Gasteiger partial charge is 0.272 e. The Bertz CT molecular complexity index is 973. The summed E-state index contributed by atoms with van der Waals surface area (Å²) in [5.41, 5.74) is 4.48. The van der Waals surface area contributed by atoms with Crippen molar-refractivity contribution < 1.29 is 9.53 Å². The highest BCUT2D eigenvalue weighted by atomic mass is 16.5. The van der Waals surface area contributed by atoms with E-state index in [1.807, 2.05) is 63.7 Å². The van der Waals surface area contributed by atoms with Gasteiger partial charge in [0.15, 0.2) is 6.73 Å². The SMILES string of the molecule is CCn1cc(C(C)NC(=O)c2ccn(COc3cc(C)ccc3C)n2)c(C)n1. The van der Waals surface area contributed by atoms with Crippen LogP contribution in [0.15, 0.2) is 36.7 Å². The van der Waals surface area contributed by atoms with Gasteiger partial charge in [-0.05, 0) is 57.9 Å². The summed E-state index contributed by atoms with van der Waals surface area (Å²) in [5, 5.41) is 11.7. The Balaban J connectivity index is 1.62. The van der Waals surface area contributed by atoms with Gasteiger partial charge in [0.1, 0.15) is 11.4 Å². The Morgan fingerprint density at radius 1 is 1.18 bits per heavy atom. The lowest BCUT2D eigenvalue weighted by atomic mass is 10.1. The van der Waals surface area contributed by atoms with Crippen LogP contribution < -0.4 is 10.1 Å². The second-order valence-electron chi connectivity index (χ2n) is 7.00. The molecule has 0 aliphatic heterocycles. The molecular formula is C21H27N5O2. The maximum Gasteiger partial charge on any atom is 0.272 e. The van der Waals surface area contributed by atoms with Gasteiger partial charge < -0.3 is 10.1 Å². The van der Waals surface area contributed by atoms with Crippen LogP contribution in [0.3, 0.4) is 0 Å². The maximum atomic E-state index is 12.5. The van der Waals surface area contributed by atoms with Crippen molar-refractivity contribution in [1.29, 1.82) is 0 Å². The molecule has 3 rings (SSSR count). The third-order valence-electron chi connectivity index (χ3n) is 4.69. The van der Waals surface area contributed by atoms with Crippen LogP contribution in [0.4, 0.5) is 0 Å². The van der Waals surface area contributed by atoms with Crippen molar-refractivity contribution in [3.05, 3.63) is 64.7 Å². The number of hydrogen-bond acceptors (Lipinski definition) is 4. The monoisotopic (exact) mass is 381 g/mol.